The molecule has 0 saturated carbocycles. The molecule has 0 aliphatic carbocycles. The molecule has 0 aliphatic rings. The molecule has 0 bridgehead atoms. The molecule has 1 atom stereocenters. The Hall–Kier alpha value is -0.394. The molecule has 0 radical (unpaired) electrons. The van der Waals surface area contributed by atoms with E-state index in [1.54, 1.807) is 20.8 Å². The molecule has 7 heteroatoms. The van der Waals surface area contributed by atoms with Crippen molar-refractivity contribution in [2.75, 3.05) is 0 Å². The standard InChI is InChI=1S/C13H20N2O4.K/c1-12(2,3)19-11(18)15-13(4,10(16)17)8-6-5-7-9-14;/h6,8H,5,7H2,1-4H3,(H,15,18)(H,16,17);/q;+1/p-1/b8-6-;. The predicted octanol–water partition coefficient (Wildman–Crippen LogP) is -2.12. The molecule has 0 aromatic carbocycles. The average Bonchev–Trinajstić information content (AvgIpc) is 2.21. The van der Waals surface area contributed by atoms with Gasteiger partial charge in [0.05, 0.1) is 17.6 Å². The van der Waals surface area contributed by atoms with Gasteiger partial charge in [-0.15, -0.1) is 0 Å². The normalized spacial score (nSPS) is 13.8. The average molecular weight is 306 g/mol. The number of carbonyl (C=O) groups is 2. The number of hydrogen-bond acceptors (Lipinski definition) is 5. The number of unbranched alkanes of at least 4 members (excludes halogenated alkanes) is 1. The summed E-state index contributed by atoms with van der Waals surface area (Å²) >= 11 is 0. The number of carboxylic acids is 1. The summed E-state index contributed by atoms with van der Waals surface area (Å²) in [5.41, 5.74) is -2.39. The summed E-state index contributed by atoms with van der Waals surface area (Å²) in [4.78, 5) is 22.6. The zero-order valence-electron chi connectivity index (χ0n) is 12.6. The summed E-state index contributed by atoms with van der Waals surface area (Å²) in [6.07, 6.45) is 2.62. The van der Waals surface area contributed by atoms with Crippen molar-refractivity contribution < 1.29 is 70.8 Å². The van der Waals surface area contributed by atoms with Crippen molar-refractivity contribution in [2.45, 2.75) is 51.7 Å². The van der Waals surface area contributed by atoms with Gasteiger partial charge in [0.1, 0.15) is 5.60 Å². The van der Waals surface area contributed by atoms with Crippen molar-refractivity contribution in [1.29, 1.82) is 5.26 Å². The Labute approximate surface area is 162 Å². The Morgan fingerprint density at radius 1 is 1.35 bits per heavy atom. The van der Waals surface area contributed by atoms with Crippen LogP contribution in [0.15, 0.2) is 12.2 Å². The van der Waals surface area contributed by atoms with Gasteiger partial charge in [-0.1, -0.05) is 12.2 Å². The van der Waals surface area contributed by atoms with Crippen molar-refractivity contribution in [2.24, 2.45) is 0 Å². The number of ether oxygens (including phenoxy) is 1. The minimum atomic E-state index is -1.67. The third kappa shape index (κ3) is 9.50. The van der Waals surface area contributed by atoms with E-state index < -0.39 is 23.2 Å². The fraction of sp³-hybridized carbons (Fsp3) is 0.615. The van der Waals surface area contributed by atoms with Gasteiger partial charge in [0.25, 0.3) is 0 Å². The van der Waals surface area contributed by atoms with Gasteiger partial charge < -0.3 is 20.0 Å². The predicted molar refractivity (Wildman–Crippen MR) is 66.8 cm³/mol. The first-order valence-corrected chi connectivity index (χ1v) is 5.88. The van der Waals surface area contributed by atoms with Crippen LogP contribution >= 0.6 is 0 Å². The number of nitrogens with zero attached hydrogens (tertiary/aromatic N) is 1. The topological polar surface area (TPSA) is 102 Å². The monoisotopic (exact) mass is 306 g/mol. The molecule has 0 saturated heterocycles. The maximum Gasteiger partial charge on any atom is 1.00 e. The van der Waals surface area contributed by atoms with Gasteiger partial charge >= 0.3 is 57.5 Å². The van der Waals surface area contributed by atoms with Crippen LogP contribution in [0.25, 0.3) is 0 Å². The van der Waals surface area contributed by atoms with E-state index in [2.05, 4.69) is 5.32 Å². The summed E-state index contributed by atoms with van der Waals surface area (Å²) in [5.74, 6) is -1.45. The molecule has 0 aromatic rings. The molecule has 1 N–H and O–H groups in total. The zero-order valence-corrected chi connectivity index (χ0v) is 15.8. The minimum Gasteiger partial charge on any atom is -0.547 e. The van der Waals surface area contributed by atoms with Crippen molar-refractivity contribution in [1.82, 2.24) is 5.32 Å². The molecule has 0 heterocycles. The fourth-order valence-corrected chi connectivity index (χ4v) is 1.14. The number of carbonyl (C=O) groups excluding carboxylic acids is 2. The van der Waals surface area contributed by atoms with Gasteiger partial charge in [-0.3, -0.25) is 0 Å². The van der Waals surface area contributed by atoms with Crippen LogP contribution in [0.1, 0.15) is 40.5 Å². The smallest absolute Gasteiger partial charge is 0.547 e. The first-order chi connectivity index (χ1) is 8.60. The first-order valence-electron chi connectivity index (χ1n) is 5.88. The van der Waals surface area contributed by atoms with Gasteiger partial charge in [-0.05, 0) is 34.1 Å². The summed E-state index contributed by atoms with van der Waals surface area (Å²) < 4.78 is 4.98. The number of rotatable bonds is 5. The third-order valence-electron chi connectivity index (χ3n) is 2.06. The minimum absolute atomic E-state index is 0. The molecule has 0 aliphatic heterocycles. The Balaban J connectivity index is 0. The van der Waals surface area contributed by atoms with Gasteiger partial charge in [-0.2, -0.15) is 5.26 Å². The molecular formula is C13H19KN2O4. The van der Waals surface area contributed by atoms with Gasteiger partial charge in [0.2, 0.25) is 0 Å². The summed E-state index contributed by atoms with van der Waals surface area (Å²) in [6.45, 7) is 6.30. The van der Waals surface area contributed by atoms with E-state index in [4.69, 9.17) is 10.00 Å². The van der Waals surface area contributed by atoms with Crippen molar-refractivity contribution >= 4 is 12.1 Å². The Bertz CT molecular complexity index is 410. The molecule has 0 aromatic heterocycles. The largest absolute Gasteiger partial charge is 1.00 e. The number of carboxylic acid groups (broad SMARTS) is 1. The van der Waals surface area contributed by atoms with Crippen LogP contribution in [-0.4, -0.2) is 23.2 Å². The molecule has 1 unspecified atom stereocenters. The van der Waals surface area contributed by atoms with Gasteiger partial charge in [0.15, 0.2) is 0 Å². The van der Waals surface area contributed by atoms with E-state index in [0.717, 1.165) is 0 Å². The number of amides is 1. The van der Waals surface area contributed by atoms with Crippen LogP contribution in [0.2, 0.25) is 0 Å². The quantitative estimate of drug-likeness (QED) is 0.355. The maximum absolute atomic E-state index is 11.6. The van der Waals surface area contributed by atoms with Gasteiger partial charge in [-0.25, -0.2) is 4.79 Å². The molecular weight excluding hydrogens is 287 g/mol. The first kappa shape index (κ1) is 21.9. The van der Waals surface area contributed by atoms with Crippen LogP contribution < -0.4 is 61.8 Å². The second-order valence-corrected chi connectivity index (χ2v) is 5.22. The van der Waals surface area contributed by atoms with E-state index in [1.165, 1.54) is 19.1 Å². The molecule has 0 rings (SSSR count). The van der Waals surface area contributed by atoms with Crippen LogP contribution in [0.3, 0.4) is 0 Å². The number of alkyl carbamates (subject to hydrolysis) is 1. The second-order valence-electron chi connectivity index (χ2n) is 5.22. The zero-order chi connectivity index (χ0) is 15.1. The van der Waals surface area contributed by atoms with E-state index in [1.807, 2.05) is 6.07 Å². The van der Waals surface area contributed by atoms with Crippen LogP contribution in [-0.2, 0) is 9.53 Å². The van der Waals surface area contributed by atoms with Crippen LogP contribution in [0, 0.1) is 11.3 Å². The van der Waals surface area contributed by atoms with E-state index >= 15 is 0 Å². The molecule has 0 spiro atoms. The number of aliphatic carboxylic acids is 1. The Kier molecular flexibility index (Phi) is 10.4. The fourth-order valence-electron chi connectivity index (χ4n) is 1.14. The Morgan fingerprint density at radius 3 is 2.30 bits per heavy atom. The molecule has 6 nitrogen and oxygen atoms in total. The maximum atomic E-state index is 11.6. The van der Waals surface area contributed by atoms with Gasteiger partial charge in [0, 0.05) is 6.42 Å². The van der Waals surface area contributed by atoms with Crippen LogP contribution in [0.5, 0.6) is 0 Å². The second kappa shape index (κ2) is 9.53. The number of allylic oxidation sites excluding steroid dienone is 1. The van der Waals surface area contributed by atoms with E-state index in [-0.39, 0.29) is 57.8 Å². The summed E-state index contributed by atoms with van der Waals surface area (Å²) in [7, 11) is 0. The third-order valence-corrected chi connectivity index (χ3v) is 2.06. The molecule has 20 heavy (non-hydrogen) atoms. The summed E-state index contributed by atoms with van der Waals surface area (Å²) in [5, 5.41) is 21.7. The number of nitriles is 1. The molecule has 106 valence electrons. The summed E-state index contributed by atoms with van der Waals surface area (Å²) in [6, 6.07) is 1.93. The number of hydrogen-bond donors (Lipinski definition) is 1. The molecule has 1 amide bonds. The van der Waals surface area contributed by atoms with Crippen LogP contribution in [0.4, 0.5) is 4.79 Å². The Morgan fingerprint density at radius 2 is 1.90 bits per heavy atom. The van der Waals surface area contributed by atoms with Crippen molar-refractivity contribution in [3.05, 3.63) is 12.2 Å². The van der Waals surface area contributed by atoms with E-state index in [0.29, 0.717) is 6.42 Å². The number of nitrogens with one attached hydrogen (secondary N) is 1. The SMILES string of the molecule is CC(C)(C)OC(=O)NC(C)(/C=C\CCC#N)C(=O)[O-].[K+]. The van der Waals surface area contributed by atoms with Crippen molar-refractivity contribution in [3.63, 3.8) is 0 Å². The van der Waals surface area contributed by atoms with Crippen molar-refractivity contribution in [3.8, 4) is 6.07 Å². The van der Waals surface area contributed by atoms with E-state index in [9.17, 15) is 14.7 Å². The molecule has 0 fully saturated rings.